The molecule has 0 unspecified atom stereocenters. The highest BCUT2D eigenvalue weighted by molar-refractivity contribution is 6.31. The molecule has 0 saturated heterocycles. The van der Waals surface area contributed by atoms with Crippen LogP contribution in [0.15, 0.2) is 57.5 Å². The average molecular weight is 401 g/mol. The molecule has 2 aromatic carbocycles. The van der Waals surface area contributed by atoms with Crippen LogP contribution in [0.3, 0.4) is 0 Å². The quantitative estimate of drug-likeness (QED) is 0.287. The Labute approximate surface area is 164 Å². The highest BCUT2D eigenvalue weighted by Crippen LogP contribution is 2.22. The number of methoxy groups -OCH3 is 1. The van der Waals surface area contributed by atoms with Crippen LogP contribution in [0.5, 0.6) is 5.75 Å². The summed E-state index contributed by atoms with van der Waals surface area (Å²) in [4.78, 5) is 19.6. The number of aromatic amines is 1. The maximum Gasteiger partial charge on any atom is 0.276 e. The highest BCUT2D eigenvalue weighted by atomic mass is 35.5. The summed E-state index contributed by atoms with van der Waals surface area (Å²) in [6, 6.07) is 11.4. The zero-order valence-electron chi connectivity index (χ0n) is 14.8. The molecular weight excluding hydrogens is 384 g/mol. The molecule has 10 heteroatoms. The van der Waals surface area contributed by atoms with Crippen LogP contribution in [0.2, 0.25) is 5.02 Å². The van der Waals surface area contributed by atoms with Crippen LogP contribution in [-0.4, -0.2) is 33.9 Å². The molecule has 28 heavy (non-hydrogen) atoms. The normalized spacial score (nSPS) is 12.6. The highest BCUT2D eigenvalue weighted by Gasteiger charge is 2.22. The zero-order chi connectivity index (χ0) is 20.3. The predicted molar refractivity (Wildman–Crippen MR) is 108 cm³/mol. The summed E-state index contributed by atoms with van der Waals surface area (Å²) in [6.45, 7) is 0. The molecule has 0 aliphatic rings. The number of nitrogens with two attached hydrogens (primary N) is 2. The number of guanidine groups is 1. The molecule has 0 aliphatic carbocycles. The van der Waals surface area contributed by atoms with Gasteiger partial charge in [-0.2, -0.15) is 0 Å². The number of fused-ring (bicyclic) bond motifs is 1. The first kappa shape index (κ1) is 19.3. The minimum Gasteiger partial charge on any atom is -0.497 e. The third-order valence-electron chi connectivity index (χ3n) is 3.86. The number of hydrogen-bond acceptors (Lipinski definition) is 6. The average Bonchev–Trinajstić information content (AvgIpc) is 2.68. The standard InChI is InChI=1S/C18H17ClN6O3/c1-28-11-5-2-9(3-6-11)16(26)14(24-25-18(20)21)15-17(27)23-13-8-10(19)4-7-12(13)22-15/h2-8,16,26H,1H3,(H,23,27)(H4,20,21,25)/b24-14+/t16-/m0/s1. The molecule has 3 rings (SSSR count). The summed E-state index contributed by atoms with van der Waals surface area (Å²) in [5, 5.41) is 18.7. The van der Waals surface area contributed by atoms with Crippen molar-refractivity contribution in [2.45, 2.75) is 6.10 Å². The van der Waals surface area contributed by atoms with E-state index >= 15 is 0 Å². The van der Waals surface area contributed by atoms with Crippen LogP contribution in [0, 0.1) is 0 Å². The molecule has 0 saturated carbocycles. The number of ether oxygens (including phenoxy) is 1. The molecule has 3 aromatic rings. The molecule has 9 nitrogen and oxygen atoms in total. The van der Waals surface area contributed by atoms with E-state index in [1.807, 2.05) is 0 Å². The van der Waals surface area contributed by atoms with Crippen molar-refractivity contribution in [3.05, 3.63) is 69.1 Å². The Bertz CT molecular complexity index is 1120. The topological polar surface area (TPSA) is 152 Å². The van der Waals surface area contributed by atoms with Crippen molar-refractivity contribution >= 4 is 34.3 Å². The summed E-state index contributed by atoms with van der Waals surface area (Å²) < 4.78 is 5.11. The van der Waals surface area contributed by atoms with E-state index in [1.165, 1.54) is 7.11 Å². The summed E-state index contributed by atoms with van der Waals surface area (Å²) in [7, 11) is 1.53. The van der Waals surface area contributed by atoms with Crippen molar-refractivity contribution in [3.63, 3.8) is 0 Å². The lowest BCUT2D eigenvalue weighted by atomic mass is 10.0. The second-order valence-electron chi connectivity index (χ2n) is 5.76. The number of H-pyrrole nitrogens is 1. The molecule has 0 bridgehead atoms. The smallest absolute Gasteiger partial charge is 0.276 e. The SMILES string of the molecule is COc1ccc([C@H](O)/C(=N/N=C(N)N)c2nc3ccc(Cl)cc3[nH]c2=O)cc1. The van der Waals surface area contributed by atoms with Gasteiger partial charge in [-0.15, -0.1) is 10.2 Å². The lowest BCUT2D eigenvalue weighted by Gasteiger charge is -2.13. The Morgan fingerprint density at radius 2 is 1.93 bits per heavy atom. The number of halogens is 1. The first-order valence-electron chi connectivity index (χ1n) is 8.07. The number of aliphatic hydroxyl groups is 1. The number of aromatic nitrogens is 2. The first-order chi connectivity index (χ1) is 13.4. The minimum atomic E-state index is -1.31. The van der Waals surface area contributed by atoms with Gasteiger partial charge in [0.1, 0.15) is 17.6 Å². The van der Waals surface area contributed by atoms with Gasteiger partial charge in [0, 0.05) is 5.02 Å². The van der Waals surface area contributed by atoms with Crippen LogP contribution < -0.4 is 21.8 Å². The molecule has 0 amide bonds. The van der Waals surface area contributed by atoms with Gasteiger partial charge in [0.2, 0.25) is 5.96 Å². The van der Waals surface area contributed by atoms with E-state index in [2.05, 4.69) is 20.2 Å². The van der Waals surface area contributed by atoms with Crippen LogP contribution in [0.25, 0.3) is 11.0 Å². The predicted octanol–water partition coefficient (Wildman–Crippen LogP) is 1.30. The molecule has 0 aliphatic heterocycles. The lowest BCUT2D eigenvalue weighted by molar-refractivity contribution is 0.247. The second-order valence-corrected chi connectivity index (χ2v) is 6.20. The van der Waals surface area contributed by atoms with E-state index in [9.17, 15) is 9.90 Å². The van der Waals surface area contributed by atoms with Crippen molar-refractivity contribution in [1.82, 2.24) is 9.97 Å². The Hall–Kier alpha value is -3.43. The van der Waals surface area contributed by atoms with Gasteiger partial charge >= 0.3 is 0 Å². The van der Waals surface area contributed by atoms with Gasteiger partial charge in [-0.1, -0.05) is 23.7 Å². The van der Waals surface area contributed by atoms with E-state index in [4.69, 9.17) is 27.8 Å². The Balaban J connectivity index is 2.14. The van der Waals surface area contributed by atoms with Gasteiger partial charge in [-0.05, 0) is 35.9 Å². The molecule has 1 heterocycles. The fraction of sp³-hybridized carbons (Fsp3) is 0.111. The number of nitrogens with zero attached hydrogens (tertiary/aromatic N) is 3. The molecule has 0 spiro atoms. The van der Waals surface area contributed by atoms with E-state index in [0.717, 1.165) is 0 Å². The summed E-state index contributed by atoms with van der Waals surface area (Å²) in [5.74, 6) is 0.278. The minimum absolute atomic E-state index is 0.114. The van der Waals surface area contributed by atoms with Crippen LogP contribution >= 0.6 is 11.6 Å². The van der Waals surface area contributed by atoms with Crippen molar-refractivity contribution < 1.29 is 9.84 Å². The summed E-state index contributed by atoms with van der Waals surface area (Å²) in [5.41, 5.74) is 11.2. The maximum absolute atomic E-state index is 12.6. The number of benzene rings is 2. The monoisotopic (exact) mass is 400 g/mol. The maximum atomic E-state index is 12.6. The van der Waals surface area contributed by atoms with Gasteiger partial charge in [0.05, 0.1) is 18.1 Å². The van der Waals surface area contributed by atoms with Crippen LogP contribution in [0.1, 0.15) is 17.4 Å². The Morgan fingerprint density at radius 3 is 2.57 bits per heavy atom. The first-order valence-corrected chi connectivity index (χ1v) is 8.45. The molecule has 0 fully saturated rings. The van der Waals surface area contributed by atoms with Crippen molar-refractivity contribution in [2.24, 2.45) is 21.7 Å². The number of rotatable bonds is 5. The van der Waals surface area contributed by atoms with Gasteiger partial charge in [-0.3, -0.25) is 4.79 Å². The molecule has 1 atom stereocenters. The lowest BCUT2D eigenvalue weighted by Crippen LogP contribution is -2.26. The van der Waals surface area contributed by atoms with Gasteiger partial charge < -0.3 is 26.3 Å². The van der Waals surface area contributed by atoms with Crippen LogP contribution in [-0.2, 0) is 0 Å². The molecule has 0 radical (unpaired) electrons. The van der Waals surface area contributed by atoms with Gasteiger partial charge in [0.25, 0.3) is 5.56 Å². The van der Waals surface area contributed by atoms with E-state index in [1.54, 1.807) is 42.5 Å². The largest absolute Gasteiger partial charge is 0.497 e. The zero-order valence-corrected chi connectivity index (χ0v) is 15.5. The van der Waals surface area contributed by atoms with E-state index < -0.39 is 11.7 Å². The second kappa shape index (κ2) is 8.07. The van der Waals surface area contributed by atoms with Crippen molar-refractivity contribution in [3.8, 4) is 5.75 Å². The fourth-order valence-corrected chi connectivity index (χ4v) is 2.69. The number of nitrogens with one attached hydrogen (secondary N) is 1. The van der Waals surface area contributed by atoms with Crippen LogP contribution in [0.4, 0.5) is 0 Å². The fourth-order valence-electron chi connectivity index (χ4n) is 2.52. The van der Waals surface area contributed by atoms with Crippen molar-refractivity contribution in [2.75, 3.05) is 7.11 Å². The van der Waals surface area contributed by atoms with E-state index in [0.29, 0.717) is 27.4 Å². The third-order valence-corrected chi connectivity index (χ3v) is 4.10. The number of hydrogen-bond donors (Lipinski definition) is 4. The summed E-state index contributed by atoms with van der Waals surface area (Å²) in [6.07, 6.45) is -1.31. The van der Waals surface area contributed by atoms with Crippen molar-refractivity contribution in [1.29, 1.82) is 0 Å². The Kier molecular flexibility index (Phi) is 5.57. The molecular formula is C18H17ClN6O3. The summed E-state index contributed by atoms with van der Waals surface area (Å²) >= 11 is 5.94. The van der Waals surface area contributed by atoms with Gasteiger partial charge in [-0.25, -0.2) is 4.98 Å². The molecule has 1 aromatic heterocycles. The number of aliphatic hydroxyl groups excluding tert-OH is 1. The van der Waals surface area contributed by atoms with E-state index in [-0.39, 0.29) is 17.4 Å². The Morgan fingerprint density at radius 1 is 1.21 bits per heavy atom. The molecule has 6 N–H and O–H groups in total. The molecule has 144 valence electrons. The van der Waals surface area contributed by atoms with Gasteiger partial charge in [0.15, 0.2) is 5.69 Å². The third kappa shape index (κ3) is 4.11.